The van der Waals surface area contributed by atoms with Crippen molar-refractivity contribution < 1.29 is 13.9 Å². The van der Waals surface area contributed by atoms with Gasteiger partial charge in [0.05, 0.1) is 0 Å². The third-order valence-electron chi connectivity index (χ3n) is 1.81. The number of halogens is 1. The van der Waals surface area contributed by atoms with Crippen LogP contribution in [-0.4, -0.2) is 16.7 Å². The van der Waals surface area contributed by atoms with Gasteiger partial charge in [0.15, 0.2) is 5.69 Å². The van der Waals surface area contributed by atoms with E-state index >= 15 is 0 Å². The summed E-state index contributed by atoms with van der Waals surface area (Å²) < 4.78 is 10.6. The van der Waals surface area contributed by atoms with E-state index in [1.165, 1.54) is 0 Å². The zero-order valence-electron chi connectivity index (χ0n) is 10.6. The van der Waals surface area contributed by atoms with Crippen LogP contribution in [0.4, 0.5) is 4.79 Å². The predicted molar refractivity (Wildman–Crippen MR) is 66.7 cm³/mol. The first kappa shape index (κ1) is 14.5. The Bertz CT molecular complexity index is 485. The van der Waals surface area contributed by atoms with Gasteiger partial charge in [-0.15, -0.1) is 0 Å². The maximum absolute atomic E-state index is 11.5. The summed E-state index contributed by atoms with van der Waals surface area (Å²) in [5, 5.41) is 11.3. The summed E-state index contributed by atoms with van der Waals surface area (Å²) in [7, 11) is 0. The molecular weight excluding hydrogens is 302 g/mol. The number of ether oxygens (including phenoxy) is 1. The number of nitriles is 1. The van der Waals surface area contributed by atoms with Gasteiger partial charge in [-0.2, -0.15) is 10.2 Å². The summed E-state index contributed by atoms with van der Waals surface area (Å²) in [4.78, 5) is 15.5. The highest BCUT2D eigenvalue weighted by molar-refractivity contribution is 9.10. The molecule has 1 aromatic heterocycles. The fraction of sp³-hybridized carbons (Fsp3) is 0.545. The van der Waals surface area contributed by atoms with Crippen LogP contribution in [-0.2, 0) is 4.74 Å². The van der Waals surface area contributed by atoms with Gasteiger partial charge in [-0.1, -0.05) is 0 Å². The van der Waals surface area contributed by atoms with Crippen LogP contribution in [0.5, 0.6) is 0 Å². The molecule has 7 heteroatoms. The van der Waals surface area contributed by atoms with E-state index < -0.39 is 17.7 Å². The number of amides is 1. The largest absolute Gasteiger partial charge is 0.444 e. The second-order valence-electron chi connectivity index (χ2n) is 4.65. The second kappa shape index (κ2) is 5.40. The molecule has 18 heavy (non-hydrogen) atoms. The second-order valence-corrected chi connectivity index (χ2v) is 5.37. The molecule has 6 nitrogen and oxygen atoms in total. The van der Waals surface area contributed by atoms with Gasteiger partial charge in [-0.05, 0) is 43.6 Å². The van der Waals surface area contributed by atoms with Crippen LogP contribution in [0.15, 0.2) is 9.09 Å². The molecule has 0 fully saturated rings. The lowest BCUT2D eigenvalue weighted by atomic mass is 10.2. The van der Waals surface area contributed by atoms with Crippen LogP contribution in [0.2, 0.25) is 0 Å². The van der Waals surface area contributed by atoms with E-state index in [1.54, 1.807) is 27.7 Å². The van der Waals surface area contributed by atoms with Crippen molar-refractivity contribution in [1.29, 1.82) is 5.26 Å². The molecule has 1 heterocycles. The number of carbonyl (C=O) groups excluding carboxylic acids is 1. The molecule has 0 radical (unpaired) electrons. The van der Waals surface area contributed by atoms with Gasteiger partial charge in [0.25, 0.3) is 0 Å². The minimum absolute atomic E-state index is 0.142. The third kappa shape index (κ3) is 4.04. The molecule has 1 atom stereocenters. The average molecular weight is 316 g/mol. The molecule has 0 bridgehead atoms. The Hall–Kier alpha value is -1.55. The van der Waals surface area contributed by atoms with Gasteiger partial charge in [-0.3, -0.25) is 0 Å². The maximum Gasteiger partial charge on any atom is 0.408 e. The Balaban J connectivity index is 2.68. The maximum atomic E-state index is 11.5. The SMILES string of the molecule is CC(NC(=O)OC(C)(C)C)c1nc(C#N)c(Br)o1. The molecule has 1 N–H and O–H groups in total. The molecule has 0 aliphatic heterocycles. The standard InChI is InChI=1S/C11H14BrN3O3/c1-6(14-10(16)18-11(2,3)4)9-15-7(5-13)8(12)17-9/h6H,1-4H3,(H,14,16). The molecule has 0 saturated carbocycles. The molecule has 0 saturated heterocycles. The van der Waals surface area contributed by atoms with Crippen LogP contribution in [0.1, 0.15) is 45.3 Å². The first-order chi connectivity index (χ1) is 8.23. The minimum atomic E-state index is -0.571. The summed E-state index contributed by atoms with van der Waals surface area (Å²) in [5.74, 6) is 0.240. The summed E-state index contributed by atoms with van der Waals surface area (Å²) in [6, 6.07) is 1.38. The van der Waals surface area contributed by atoms with Crippen molar-refractivity contribution in [3.05, 3.63) is 16.3 Å². The number of carbonyl (C=O) groups is 1. The summed E-state index contributed by atoms with van der Waals surface area (Å²) >= 11 is 3.07. The van der Waals surface area contributed by atoms with Crippen LogP contribution in [0, 0.1) is 11.3 Å². The normalized spacial score (nSPS) is 12.7. The molecule has 0 aliphatic rings. The monoisotopic (exact) mass is 315 g/mol. The number of alkyl carbamates (subject to hydrolysis) is 1. The fourth-order valence-corrected chi connectivity index (χ4v) is 1.46. The minimum Gasteiger partial charge on any atom is -0.444 e. The third-order valence-corrected chi connectivity index (χ3v) is 2.35. The van der Waals surface area contributed by atoms with Crippen LogP contribution in [0.25, 0.3) is 0 Å². The number of nitrogens with zero attached hydrogens (tertiary/aromatic N) is 2. The van der Waals surface area contributed by atoms with Crippen molar-refractivity contribution in [2.75, 3.05) is 0 Å². The Morgan fingerprint density at radius 3 is 2.67 bits per heavy atom. The van der Waals surface area contributed by atoms with Crippen LogP contribution in [0.3, 0.4) is 0 Å². The molecule has 1 amide bonds. The van der Waals surface area contributed by atoms with Gasteiger partial charge in [-0.25, -0.2) is 4.79 Å². The van der Waals surface area contributed by atoms with Crippen molar-refractivity contribution in [3.63, 3.8) is 0 Å². The highest BCUT2D eigenvalue weighted by Crippen LogP contribution is 2.21. The molecule has 1 rings (SSSR count). The van der Waals surface area contributed by atoms with Crippen molar-refractivity contribution in [2.45, 2.75) is 39.3 Å². The predicted octanol–water partition coefficient (Wildman–Crippen LogP) is 2.89. The Labute approximate surface area is 113 Å². The number of hydrogen-bond acceptors (Lipinski definition) is 5. The quantitative estimate of drug-likeness (QED) is 0.906. The number of aromatic nitrogens is 1. The van der Waals surface area contributed by atoms with E-state index in [1.807, 2.05) is 6.07 Å². The highest BCUT2D eigenvalue weighted by Gasteiger charge is 2.21. The lowest BCUT2D eigenvalue weighted by Crippen LogP contribution is -2.34. The lowest BCUT2D eigenvalue weighted by molar-refractivity contribution is 0.0500. The van der Waals surface area contributed by atoms with E-state index in [2.05, 4.69) is 26.2 Å². The van der Waals surface area contributed by atoms with Gasteiger partial charge in [0, 0.05) is 0 Å². The van der Waals surface area contributed by atoms with Crippen molar-refractivity contribution in [2.24, 2.45) is 0 Å². The van der Waals surface area contributed by atoms with Crippen molar-refractivity contribution >= 4 is 22.0 Å². The van der Waals surface area contributed by atoms with Crippen molar-refractivity contribution in [1.82, 2.24) is 10.3 Å². The lowest BCUT2D eigenvalue weighted by Gasteiger charge is -2.20. The highest BCUT2D eigenvalue weighted by atomic mass is 79.9. The summed E-state index contributed by atoms with van der Waals surface area (Å²) in [6.07, 6.45) is -0.567. The Morgan fingerprint density at radius 2 is 2.22 bits per heavy atom. The van der Waals surface area contributed by atoms with Gasteiger partial charge < -0.3 is 14.5 Å². The Kier molecular flexibility index (Phi) is 4.35. The average Bonchev–Trinajstić information content (AvgIpc) is 2.56. The molecule has 98 valence electrons. The van der Waals surface area contributed by atoms with E-state index in [9.17, 15) is 4.79 Å². The van der Waals surface area contributed by atoms with Crippen LogP contribution < -0.4 is 5.32 Å². The van der Waals surface area contributed by atoms with E-state index in [-0.39, 0.29) is 16.3 Å². The first-order valence-corrected chi connectivity index (χ1v) is 6.08. The first-order valence-electron chi connectivity index (χ1n) is 5.29. The summed E-state index contributed by atoms with van der Waals surface area (Å²) in [6.45, 7) is 7.00. The van der Waals surface area contributed by atoms with Crippen molar-refractivity contribution in [3.8, 4) is 6.07 Å². The molecule has 0 aromatic carbocycles. The van der Waals surface area contributed by atoms with Gasteiger partial charge in [0.2, 0.25) is 10.6 Å². The number of oxazole rings is 1. The smallest absolute Gasteiger partial charge is 0.408 e. The number of hydrogen-bond donors (Lipinski definition) is 1. The zero-order valence-corrected chi connectivity index (χ0v) is 12.2. The topological polar surface area (TPSA) is 88.1 Å². The van der Waals surface area contributed by atoms with E-state index in [0.717, 1.165) is 0 Å². The number of rotatable bonds is 2. The fourth-order valence-electron chi connectivity index (χ4n) is 1.12. The van der Waals surface area contributed by atoms with Gasteiger partial charge >= 0.3 is 6.09 Å². The van der Waals surface area contributed by atoms with E-state index in [0.29, 0.717) is 0 Å². The van der Waals surface area contributed by atoms with E-state index in [4.69, 9.17) is 14.4 Å². The molecule has 0 spiro atoms. The van der Waals surface area contributed by atoms with Gasteiger partial charge in [0.1, 0.15) is 17.7 Å². The summed E-state index contributed by atoms with van der Waals surface area (Å²) in [5.41, 5.74) is -0.429. The molecule has 1 unspecified atom stereocenters. The number of nitrogens with one attached hydrogen (secondary N) is 1. The molecule has 1 aromatic rings. The zero-order chi connectivity index (χ0) is 13.9. The molecule has 0 aliphatic carbocycles. The van der Waals surface area contributed by atoms with Crippen LogP contribution >= 0.6 is 15.9 Å². The molecular formula is C11H14BrN3O3. The Morgan fingerprint density at radius 1 is 1.61 bits per heavy atom.